The van der Waals surface area contributed by atoms with Gasteiger partial charge in [-0.15, -0.1) is 0 Å². The van der Waals surface area contributed by atoms with Crippen molar-refractivity contribution in [2.24, 2.45) is 5.84 Å². The van der Waals surface area contributed by atoms with Gasteiger partial charge in [0.2, 0.25) is 0 Å². The molecule has 0 amide bonds. The van der Waals surface area contributed by atoms with Gasteiger partial charge in [-0.25, -0.2) is 10.2 Å². The van der Waals surface area contributed by atoms with E-state index < -0.39 is 6.04 Å². The fourth-order valence-corrected chi connectivity index (χ4v) is 1.17. The van der Waals surface area contributed by atoms with Gasteiger partial charge in [-0.05, 0) is 12.5 Å². The van der Waals surface area contributed by atoms with E-state index in [0.717, 1.165) is 5.56 Å². The average Bonchev–Trinajstić information content (AvgIpc) is 2.21. The summed E-state index contributed by atoms with van der Waals surface area (Å²) in [6, 6.07) is 8.62. The normalized spacial score (nSPS) is 12.1. The highest BCUT2D eigenvalue weighted by Gasteiger charge is 2.19. The van der Waals surface area contributed by atoms with E-state index in [9.17, 15) is 4.79 Å². The third kappa shape index (κ3) is 2.55. The summed E-state index contributed by atoms with van der Waals surface area (Å²) in [5.41, 5.74) is 3.23. The van der Waals surface area contributed by atoms with Crippen LogP contribution in [0.3, 0.4) is 0 Å². The van der Waals surface area contributed by atoms with Gasteiger partial charge in [0.05, 0.1) is 6.61 Å². The number of rotatable bonds is 4. The number of carbonyl (C=O) groups is 1. The number of ether oxygens (including phenoxy) is 1. The molecule has 3 N–H and O–H groups in total. The van der Waals surface area contributed by atoms with Crippen LogP contribution in [0.4, 0.5) is 0 Å². The summed E-state index contributed by atoms with van der Waals surface area (Å²) in [6.07, 6.45) is 0. The van der Waals surface area contributed by atoms with Crippen LogP contribution in [0.15, 0.2) is 30.3 Å². The van der Waals surface area contributed by atoms with Crippen LogP contribution < -0.4 is 11.3 Å². The van der Waals surface area contributed by atoms with Crippen LogP contribution in [0.5, 0.6) is 0 Å². The van der Waals surface area contributed by atoms with Crippen molar-refractivity contribution in [3.63, 3.8) is 0 Å². The van der Waals surface area contributed by atoms with Crippen LogP contribution in [-0.4, -0.2) is 12.6 Å². The number of hydrazine groups is 1. The largest absolute Gasteiger partial charge is 0.465 e. The Labute approximate surface area is 83.0 Å². The monoisotopic (exact) mass is 194 g/mol. The Morgan fingerprint density at radius 1 is 1.50 bits per heavy atom. The number of carbonyl (C=O) groups excluding carboxylic acids is 1. The molecule has 4 heteroatoms. The van der Waals surface area contributed by atoms with Crippen LogP contribution in [-0.2, 0) is 9.53 Å². The molecule has 0 spiro atoms. The van der Waals surface area contributed by atoms with Gasteiger partial charge in [0.1, 0.15) is 6.04 Å². The van der Waals surface area contributed by atoms with Gasteiger partial charge in [-0.1, -0.05) is 30.3 Å². The van der Waals surface area contributed by atoms with Gasteiger partial charge in [0.15, 0.2) is 0 Å². The maximum Gasteiger partial charge on any atom is 0.329 e. The first-order chi connectivity index (χ1) is 6.79. The molecule has 0 aliphatic heterocycles. The van der Waals surface area contributed by atoms with Crippen LogP contribution >= 0.6 is 0 Å². The first-order valence-electron chi connectivity index (χ1n) is 4.47. The Hall–Kier alpha value is -1.39. The molecule has 0 fully saturated rings. The van der Waals surface area contributed by atoms with E-state index in [1.807, 2.05) is 30.3 Å². The van der Waals surface area contributed by atoms with E-state index in [0.29, 0.717) is 6.61 Å². The first kappa shape index (κ1) is 10.7. The SMILES string of the molecule is CCOC(=O)[C@@H](NN)c1ccccc1. The molecule has 0 radical (unpaired) electrons. The Morgan fingerprint density at radius 2 is 2.14 bits per heavy atom. The minimum absolute atomic E-state index is 0.351. The van der Waals surface area contributed by atoms with Crippen molar-refractivity contribution < 1.29 is 9.53 Å². The third-order valence-electron chi connectivity index (χ3n) is 1.82. The van der Waals surface area contributed by atoms with E-state index in [2.05, 4.69) is 5.43 Å². The van der Waals surface area contributed by atoms with Crippen molar-refractivity contribution in [1.82, 2.24) is 5.43 Å². The van der Waals surface area contributed by atoms with Crippen LogP contribution in [0, 0.1) is 0 Å². The molecule has 0 aromatic heterocycles. The summed E-state index contributed by atoms with van der Waals surface area (Å²) in [4.78, 5) is 11.4. The summed E-state index contributed by atoms with van der Waals surface area (Å²) in [6.45, 7) is 2.11. The van der Waals surface area contributed by atoms with Gasteiger partial charge in [0, 0.05) is 0 Å². The zero-order chi connectivity index (χ0) is 10.4. The van der Waals surface area contributed by atoms with Crippen molar-refractivity contribution in [2.45, 2.75) is 13.0 Å². The summed E-state index contributed by atoms with van der Waals surface area (Å²) < 4.78 is 4.87. The van der Waals surface area contributed by atoms with E-state index >= 15 is 0 Å². The number of benzene rings is 1. The Bertz CT molecular complexity index is 287. The zero-order valence-electron chi connectivity index (χ0n) is 8.07. The van der Waals surface area contributed by atoms with Crippen molar-refractivity contribution in [3.8, 4) is 0 Å². The lowest BCUT2D eigenvalue weighted by Crippen LogP contribution is -2.35. The molecule has 0 heterocycles. The molecule has 76 valence electrons. The molecule has 0 aliphatic carbocycles. The van der Waals surface area contributed by atoms with Crippen LogP contribution in [0.1, 0.15) is 18.5 Å². The van der Waals surface area contributed by atoms with E-state index in [4.69, 9.17) is 10.6 Å². The lowest BCUT2D eigenvalue weighted by atomic mass is 10.1. The highest BCUT2D eigenvalue weighted by Crippen LogP contribution is 2.12. The fourth-order valence-electron chi connectivity index (χ4n) is 1.17. The van der Waals surface area contributed by atoms with Gasteiger partial charge in [0.25, 0.3) is 0 Å². The second-order valence-electron chi connectivity index (χ2n) is 2.76. The standard InChI is InChI=1S/C10H14N2O2/c1-2-14-10(13)9(12-11)8-6-4-3-5-7-8/h3-7,9,12H,2,11H2,1H3/t9-/m0/s1. The Kier molecular flexibility index (Phi) is 4.10. The summed E-state index contributed by atoms with van der Waals surface area (Å²) >= 11 is 0. The highest BCUT2D eigenvalue weighted by molar-refractivity contribution is 5.77. The number of nitrogens with two attached hydrogens (primary N) is 1. The Balaban J connectivity index is 2.77. The topological polar surface area (TPSA) is 64.3 Å². The summed E-state index contributed by atoms with van der Waals surface area (Å²) in [5.74, 6) is 4.93. The van der Waals surface area contributed by atoms with Crippen LogP contribution in [0.25, 0.3) is 0 Å². The second-order valence-corrected chi connectivity index (χ2v) is 2.76. The molecule has 1 atom stereocenters. The molecule has 0 bridgehead atoms. The lowest BCUT2D eigenvalue weighted by Gasteiger charge is -2.14. The highest BCUT2D eigenvalue weighted by atomic mass is 16.5. The smallest absolute Gasteiger partial charge is 0.329 e. The minimum Gasteiger partial charge on any atom is -0.465 e. The second kappa shape index (κ2) is 5.36. The predicted octanol–water partition coefficient (Wildman–Crippen LogP) is 0.754. The molecule has 1 aromatic carbocycles. The average molecular weight is 194 g/mol. The predicted molar refractivity (Wildman–Crippen MR) is 53.1 cm³/mol. The third-order valence-corrected chi connectivity index (χ3v) is 1.82. The zero-order valence-corrected chi connectivity index (χ0v) is 8.07. The molecule has 0 aliphatic rings. The lowest BCUT2D eigenvalue weighted by molar-refractivity contribution is -0.145. The number of hydrogen-bond acceptors (Lipinski definition) is 4. The van der Waals surface area contributed by atoms with Crippen molar-refractivity contribution in [3.05, 3.63) is 35.9 Å². The van der Waals surface area contributed by atoms with E-state index in [1.165, 1.54) is 0 Å². The number of esters is 1. The van der Waals surface area contributed by atoms with Gasteiger partial charge in [-0.2, -0.15) is 0 Å². The molecule has 0 saturated heterocycles. The van der Waals surface area contributed by atoms with Gasteiger partial charge in [-0.3, -0.25) is 5.84 Å². The van der Waals surface area contributed by atoms with Crippen molar-refractivity contribution >= 4 is 5.97 Å². The number of nitrogens with one attached hydrogen (secondary N) is 1. The van der Waals surface area contributed by atoms with E-state index in [-0.39, 0.29) is 5.97 Å². The first-order valence-corrected chi connectivity index (χ1v) is 4.47. The number of hydrogen-bond donors (Lipinski definition) is 2. The molecule has 14 heavy (non-hydrogen) atoms. The van der Waals surface area contributed by atoms with Crippen molar-refractivity contribution in [1.29, 1.82) is 0 Å². The van der Waals surface area contributed by atoms with E-state index in [1.54, 1.807) is 6.92 Å². The van der Waals surface area contributed by atoms with Crippen molar-refractivity contribution in [2.75, 3.05) is 6.61 Å². The fraction of sp³-hybridized carbons (Fsp3) is 0.300. The minimum atomic E-state index is -0.587. The molecule has 1 aromatic rings. The molecular weight excluding hydrogens is 180 g/mol. The summed E-state index contributed by atoms with van der Waals surface area (Å²) in [5, 5.41) is 0. The van der Waals surface area contributed by atoms with Crippen LogP contribution in [0.2, 0.25) is 0 Å². The van der Waals surface area contributed by atoms with Gasteiger partial charge < -0.3 is 4.74 Å². The molecular formula is C10H14N2O2. The summed E-state index contributed by atoms with van der Waals surface area (Å²) in [7, 11) is 0. The molecule has 0 saturated carbocycles. The maximum atomic E-state index is 11.4. The molecule has 1 rings (SSSR count). The molecule has 0 unspecified atom stereocenters. The quantitative estimate of drug-likeness (QED) is 0.422. The maximum absolute atomic E-state index is 11.4. The van der Waals surface area contributed by atoms with Gasteiger partial charge >= 0.3 is 5.97 Å². The Morgan fingerprint density at radius 3 is 2.64 bits per heavy atom. The molecule has 4 nitrogen and oxygen atoms in total.